The lowest BCUT2D eigenvalue weighted by Crippen LogP contribution is -2.40. The smallest absolute Gasteiger partial charge is 0.192 e. The normalized spacial score (nSPS) is 11.9. The summed E-state index contributed by atoms with van der Waals surface area (Å²) in [5.41, 5.74) is 4.45. The van der Waals surface area contributed by atoms with Crippen molar-refractivity contribution in [2.45, 2.75) is 45.5 Å². The first kappa shape index (κ1) is 22.4. The molecule has 30 heavy (non-hydrogen) atoms. The van der Waals surface area contributed by atoms with E-state index < -0.39 is 8.32 Å². The SMILES string of the molecule is CC(C)(C)[Si](C)(C)OCc1ncc(N=C(c2ccccc2)c2ccccc2)cc1Cl. The van der Waals surface area contributed by atoms with Crippen molar-refractivity contribution in [3.8, 4) is 0 Å². The fourth-order valence-electron chi connectivity index (χ4n) is 2.71. The molecule has 0 N–H and O–H groups in total. The summed E-state index contributed by atoms with van der Waals surface area (Å²) in [6.45, 7) is 11.5. The van der Waals surface area contributed by atoms with Gasteiger partial charge >= 0.3 is 0 Å². The van der Waals surface area contributed by atoms with Crippen molar-refractivity contribution in [2.24, 2.45) is 4.99 Å². The second-order valence-electron chi connectivity index (χ2n) is 8.86. The van der Waals surface area contributed by atoms with E-state index in [1.54, 1.807) is 6.20 Å². The quantitative estimate of drug-likeness (QED) is 0.297. The van der Waals surface area contributed by atoms with Crippen molar-refractivity contribution < 1.29 is 4.43 Å². The number of hydrogen-bond acceptors (Lipinski definition) is 3. The predicted octanol–water partition coefficient (Wildman–Crippen LogP) is 7.43. The number of halogens is 1. The fourth-order valence-corrected chi connectivity index (χ4v) is 3.85. The van der Waals surface area contributed by atoms with Crippen LogP contribution in [0.1, 0.15) is 37.6 Å². The Hall–Kier alpha value is -2.27. The maximum Gasteiger partial charge on any atom is 0.192 e. The molecule has 0 amide bonds. The summed E-state index contributed by atoms with van der Waals surface area (Å²) in [5, 5.41) is 0.722. The highest BCUT2D eigenvalue weighted by molar-refractivity contribution is 6.74. The Kier molecular flexibility index (Phi) is 6.91. The Bertz CT molecular complexity index is 971. The van der Waals surface area contributed by atoms with Gasteiger partial charge < -0.3 is 4.43 Å². The summed E-state index contributed by atoms with van der Waals surface area (Å²) in [4.78, 5) is 9.45. The first-order valence-electron chi connectivity index (χ1n) is 10.2. The maximum atomic E-state index is 6.55. The van der Waals surface area contributed by atoms with E-state index in [0.29, 0.717) is 11.6 Å². The van der Waals surface area contributed by atoms with Crippen LogP contribution in [0.15, 0.2) is 77.9 Å². The molecule has 0 atom stereocenters. The number of rotatable bonds is 6. The van der Waals surface area contributed by atoms with E-state index >= 15 is 0 Å². The lowest BCUT2D eigenvalue weighted by molar-refractivity contribution is 0.272. The third-order valence-corrected chi connectivity index (χ3v) is 10.4. The van der Waals surface area contributed by atoms with Crippen molar-refractivity contribution >= 4 is 31.3 Å². The van der Waals surface area contributed by atoms with Gasteiger partial charge in [0.1, 0.15) is 0 Å². The maximum absolute atomic E-state index is 6.55. The topological polar surface area (TPSA) is 34.5 Å². The first-order chi connectivity index (χ1) is 14.2. The fraction of sp³-hybridized carbons (Fsp3) is 0.280. The van der Waals surface area contributed by atoms with Crippen LogP contribution >= 0.6 is 11.6 Å². The lowest BCUT2D eigenvalue weighted by atomic mass is 10.0. The van der Waals surface area contributed by atoms with Gasteiger partial charge in [-0.15, -0.1) is 0 Å². The molecule has 0 aliphatic carbocycles. The number of hydrogen-bond donors (Lipinski definition) is 0. The van der Waals surface area contributed by atoms with Gasteiger partial charge in [0.2, 0.25) is 0 Å². The molecule has 2 aromatic carbocycles. The van der Waals surface area contributed by atoms with Crippen molar-refractivity contribution in [1.29, 1.82) is 0 Å². The first-order valence-corrected chi connectivity index (χ1v) is 13.4. The van der Waals surface area contributed by atoms with Crippen LogP contribution in [0.3, 0.4) is 0 Å². The van der Waals surface area contributed by atoms with Crippen LogP contribution in [0, 0.1) is 0 Å². The average molecular weight is 437 g/mol. The van der Waals surface area contributed by atoms with Crippen LogP contribution in [0.25, 0.3) is 0 Å². The second kappa shape index (κ2) is 9.25. The van der Waals surface area contributed by atoms with Gasteiger partial charge in [0.15, 0.2) is 8.32 Å². The summed E-state index contributed by atoms with van der Waals surface area (Å²) in [6, 6.07) is 22.2. The highest BCUT2D eigenvalue weighted by atomic mass is 35.5. The van der Waals surface area contributed by atoms with Gasteiger partial charge in [0, 0.05) is 11.1 Å². The van der Waals surface area contributed by atoms with Gasteiger partial charge in [-0.1, -0.05) is 93.0 Å². The molecule has 0 fully saturated rings. The number of pyridine rings is 1. The zero-order valence-corrected chi connectivity index (χ0v) is 20.1. The second-order valence-corrected chi connectivity index (χ2v) is 14.1. The molecule has 3 rings (SSSR count). The number of benzene rings is 2. The minimum atomic E-state index is -1.86. The van der Waals surface area contributed by atoms with E-state index in [-0.39, 0.29) is 5.04 Å². The van der Waals surface area contributed by atoms with Gasteiger partial charge in [-0.25, -0.2) is 4.99 Å². The van der Waals surface area contributed by atoms with E-state index in [1.807, 2.05) is 42.5 Å². The summed E-state index contributed by atoms with van der Waals surface area (Å²) in [5.74, 6) is 0. The van der Waals surface area contributed by atoms with Crippen LogP contribution < -0.4 is 0 Å². The number of aliphatic imine (C=N–C) groups is 1. The van der Waals surface area contributed by atoms with E-state index in [1.165, 1.54) is 0 Å². The highest BCUT2D eigenvalue weighted by Gasteiger charge is 2.37. The molecule has 0 spiro atoms. The Labute approximate surface area is 186 Å². The van der Waals surface area contributed by atoms with Crippen molar-refractivity contribution in [2.75, 3.05) is 0 Å². The van der Waals surface area contributed by atoms with E-state index in [2.05, 4.69) is 63.1 Å². The Morgan fingerprint density at radius 2 is 1.50 bits per heavy atom. The van der Waals surface area contributed by atoms with Gasteiger partial charge in [0.25, 0.3) is 0 Å². The van der Waals surface area contributed by atoms with Crippen molar-refractivity contribution in [3.05, 3.63) is 94.8 Å². The van der Waals surface area contributed by atoms with Crippen molar-refractivity contribution in [3.63, 3.8) is 0 Å². The molecule has 0 aliphatic heterocycles. The Morgan fingerprint density at radius 3 is 1.97 bits per heavy atom. The average Bonchev–Trinajstić information content (AvgIpc) is 2.72. The summed E-state index contributed by atoms with van der Waals surface area (Å²) in [6.07, 6.45) is 1.77. The molecule has 1 aromatic heterocycles. The molecule has 0 bridgehead atoms. The Morgan fingerprint density at radius 1 is 0.967 bits per heavy atom. The van der Waals surface area contributed by atoms with Gasteiger partial charge in [-0.2, -0.15) is 0 Å². The molecule has 3 aromatic rings. The molecule has 3 nitrogen and oxygen atoms in total. The standard InChI is InChI=1S/C25H29ClN2OSi/c1-25(2,3)30(4,5)29-18-23-22(26)16-21(17-27-23)28-24(19-12-8-6-9-13-19)20-14-10-7-11-15-20/h6-17H,18H2,1-5H3. The third-order valence-electron chi connectivity index (χ3n) is 5.61. The highest BCUT2D eigenvalue weighted by Crippen LogP contribution is 2.37. The van der Waals surface area contributed by atoms with Crippen molar-refractivity contribution in [1.82, 2.24) is 4.98 Å². The predicted molar refractivity (Wildman–Crippen MR) is 129 cm³/mol. The summed E-state index contributed by atoms with van der Waals surface area (Å²) in [7, 11) is -1.86. The van der Waals surface area contributed by atoms with Crippen LogP contribution in [-0.4, -0.2) is 19.0 Å². The summed E-state index contributed by atoms with van der Waals surface area (Å²) < 4.78 is 6.28. The lowest BCUT2D eigenvalue weighted by Gasteiger charge is -2.36. The van der Waals surface area contributed by atoms with Crippen LogP contribution in [0.2, 0.25) is 23.2 Å². The monoisotopic (exact) mass is 436 g/mol. The number of aromatic nitrogens is 1. The van der Waals surface area contributed by atoms with Gasteiger partial charge in [-0.3, -0.25) is 4.98 Å². The molecule has 0 saturated carbocycles. The van der Waals surface area contributed by atoms with Crippen LogP contribution in [0.5, 0.6) is 0 Å². The summed E-state index contributed by atoms with van der Waals surface area (Å²) >= 11 is 6.55. The minimum absolute atomic E-state index is 0.143. The molecule has 1 heterocycles. The molecule has 0 unspecified atom stereocenters. The van der Waals surface area contributed by atoms with E-state index in [4.69, 9.17) is 21.0 Å². The molecular weight excluding hydrogens is 408 g/mol. The molecular formula is C25H29ClN2OSi. The molecule has 5 heteroatoms. The van der Waals surface area contributed by atoms with Crippen LogP contribution in [-0.2, 0) is 11.0 Å². The zero-order valence-electron chi connectivity index (χ0n) is 18.3. The van der Waals surface area contributed by atoms with E-state index in [9.17, 15) is 0 Å². The minimum Gasteiger partial charge on any atom is -0.411 e. The van der Waals surface area contributed by atoms with Gasteiger partial charge in [-0.05, 0) is 24.2 Å². The molecule has 0 aliphatic rings. The van der Waals surface area contributed by atoms with E-state index in [0.717, 1.165) is 28.2 Å². The molecule has 0 saturated heterocycles. The largest absolute Gasteiger partial charge is 0.411 e. The van der Waals surface area contributed by atoms with Crippen LogP contribution in [0.4, 0.5) is 5.69 Å². The third kappa shape index (κ3) is 5.45. The molecule has 0 radical (unpaired) electrons. The van der Waals surface area contributed by atoms with Gasteiger partial charge in [0.05, 0.1) is 34.9 Å². The zero-order chi connectivity index (χ0) is 21.8. The Balaban J connectivity index is 1.89. The number of nitrogens with zero attached hydrogens (tertiary/aromatic N) is 2. The molecule has 156 valence electrons.